The number of rotatable bonds is 7. The van der Waals surface area contributed by atoms with Gasteiger partial charge in [-0.15, -0.1) is 10.2 Å². The Hall–Kier alpha value is -1.60. The Morgan fingerprint density at radius 1 is 1.30 bits per heavy atom. The SMILES string of the molecule is Cc1cccc(Nc2nnc(SCC(=O)NCC(C)C)s2)c1C. The first-order valence-electron chi connectivity index (χ1n) is 7.52. The van der Waals surface area contributed by atoms with Crippen LogP contribution in [-0.4, -0.2) is 28.4 Å². The summed E-state index contributed by atoms with van der Waals surface area (Å²) in [6.07, 6.45) is 0. The summed E-state index contributed by atoms with van der Waals surface area (Å²) in [7, 11) is 0. The van der Waals surface area contributed by atoms with E-state index in [1.54, 1.807) is 0 Å². The van der Waals surface area contributed by atoms with Gasteiger partial charge in [-0.3, -0.25) is 4.79 Å². The molecule has 0 aliphatic carbocycles. The van der Waals surface area contributed by atoms with E-state index < -0.39 is 0 Å². The molecule has 0 spiro atoms. The van der Waals surface area contributed by atoms with Crippen LogP contribution in [0.1, 0.15) is 25.0 Å². The van der Waals surface area contributed by atoms with Gasteiger partial charge in [0.15, 0.2) is 4.34 Å². The van der Waals surface area contributed by atoms with Gasteiger partial charge in [0.2, 0.25) is 11.0 Å². The maximum atomic E-state index is 11.7. The van der Waals surface area contributed by atoms with Gasteiger partial charge in [-0.1, -0.05) is 49.1 Å². The average Bonchev–Trinajstić information content (AvgIpc) is 2.95. The summed E-state index contributed by atoms with van der Waals surface area (Å²) >= 11 is 2.87. The van der Waals surface area contributed by atoms with Crippen molar-refractivity contribution in [2.24, 2.45) is 5.92 Å². The summed E-state index contributed by atoms with van der Waals surface area (Å²) in [6, 6.07) is 6.12. The highest BCUT2D eigenvalue weighted by atomic mass is 32.2. The lowest BCUT2D eigenvalue weighted by Gasteiger charge is -2.08. The third kappa shape index (κ3) is 5.51. The van der Waals surface area contributed by atoms with E-state index in [1.165, 1.54) is 34.2 Å². The van der Waals surface area contributed by atoms with Crippen LogP contribution in [0.2, 0.25) is 0 Å². The summed E-state index contributed by atoms with van der Waals surface area (Å²) in [5.41, 5.74) is 3.47. The van der Waals surface area contributed by atoms with Gasteiger partial charge in [0, 0.05) is 12.2 Å². The molecular formula is C16H22N4OS2. The minimum absolute atomic E-state index is 0.0305. The fourth-order valence-corrected chi connectivity index (χ4v) is 3.41. The zero-order chi connectivity index (χ0) is 16.8. The fourth-order valence-electron chi connectivity index (χ4n) is 1.82. The minimum Gasteiger partial charge on any atom is -0.355 e. The molecule has 5 nitrogen and oxygen atoms in total. The number of carbonyl (C=O) groups excluding carboxylic acids is 1. The van der Waals surface area contributed by atoms with Crippen LogP contribution in [0.25, 0.3) is 0 Å². The van der Waals surface area contributed by atoms with Crippen molar-refractivity contribution >= 4 is 39.8 Å². The zero-order valence-corrected chi connectivity index (χ0v) is 15.5. The maximum absolute atomic E-state index is 11.7. The molecule has 1 amide bonds. The van der Waals surface area contributed by atoms with Crippen molar-refractivity contribution in [1.29, 1.82) is 0 Å². The minimum atomic E-state index is 0.0305. The Balaban J connectivity index is 1.88. The Bertz CT molecular complexity index is 670. The molecule has 0 bridgehead atoms. The van der Waals surface area contributed by atoms with E-state index in [0.29, 0.717) is 18.2 Å². The largest absolute Gasteiger partial charge is 0.355 e. The molecule has 0 unspecified atom stereocenters. The summed E-state index contributed by atoms with van der Waals surface area (Å²) < 4.78 is 0.789. The molecular weight excluding hydrogens is 328 g/mol. The number of amides is 1. The number of nitrogens with one attached hydrogen (secondary N) is 2. The van der Waals surface area contributed by atoms with Gasteiger partial charge in [-0.2, -0.15) is 0 Å². The topological polar surface area (TPSA) is 66.9 Å². The predicted octanol–water partition coefficient (Wildman–Crippen LogP) is 3.76. The van der Waals surface area contributed by atoms with Crippen molar-refractivity contribution in [3.63, 3.8) is 0 Å². The number of aromatic nitrogens is 2. The van der Waals surface area contributed by atoms with E-state index in [0.717, 1.165) is 15.2 Å². The molecule has 0 radical (unpaired) electrons. The second kappa shape index (κ2) is 8.31. The normalized spacial score (nSPS) is 10.8. The van der Waals surface area contributed by atoms with Crippen LogP contribution < -0.4 is 10.6 Å². The van der Waals surface area contributed by atoms with E-state index in [1.807, 2.05) is 12.1 Å². The molecule has 2 rings (SSSR count). The molecule has 2 N–H and O–H groups in total. The second-order valence-corrected chi connectivity index (χ2v) is 7.93. The molecule has 23 heavy (non-hydrogen) atoms. The number of hydrogen-bond donors (Lipinski definition) is 2. The second-order valence-electron chi connectivity index (χ2n) is 5.73. The van der Waals surface area contributed by atoms with Crippen molar-refractivity contribution in [2.45, 2.75) is 32.0 Å². The van der Waals surface area contributed by atoms with E-state index >= 15 is 0 Å². The highest BCUT2D eigenvalue weighted by Crippen LogP contribution is 2.29. The number of nitrogens with zero attached hydrogens (tertiary/aromatic N) is 2. The van der Waals surface area contributed by atoms with Crippen LogP contribution in [0.15, 0.2) is 22.5 Å². The lowest BCUT2D eigenvalue weighted by Crippen LogP contribution is -2.28. The lowest BCUT2D eigenvalue weighted by molar-refractivity contribution is -0.118. The van der Waals surface area contributed by atoms with Gasteiger partial charge in [-0.25, -0.2) is 0 Å². The third-order valence-corrected chi connectivity index (χ3v) is 5.26. The molecule has 0 aliphatic rings. The number of anilines is 2. The Morgan fingerprint density at radius 2 is 2.09 bits per heavy atom. The standard InChI is InChI=1S/C16H22N4OS2/c1-10(2)8-17-14(21)9-22-16-20-19-15(23-16)18-13-7-5-6-11(3)12(13)4/h5-7,10H,8-9H2,1-4H3,(H,17,21)(H,18,19). The van der Waals surface area contributed by atoms with Crippen LogP contribution in [-0.2, 0) is 4.79 Å². The molecule has 0 saturated heterocycles. The van der Waals surface area contributed by atoms with Crippen LogP contribution >= 0.6 is 23.1 Å². The summed E-state index contributed by atoms with van der Waals surface area (Å²) in [4.78, 5) is 11.7. The van der Waals surface area contributed by atoms with Gasteiger partial charge in [0.05, 0.1) is 5.75 Å². The van der Waals surface area contributed by atoms with E-state index in [2.05, 4.69) is 54.6 Å². The molecule has 1 heterocycles. The van der Waals surface area contributed by atoms with Gasteiger partial charge in [0.1, 0.15) is 0 Å². The van der Waals surface area contributed by atoms with Crippen molar-refractivity contribution in [1.82, 2.24) is 15.5 Å². The van der Waals surface area contributed by atoms with E-state index in [9.17, 15) is 4.79 Å². The van der Waals surface area contributed by atoms with Crippen LogP contribution in [0.4, 0.5) is 10.8 Å². The summed E-state index contributed by atoms with van der Waals surface area (Å²) in [5, 5.41) is 15.2. The molecule has 2 aromatic rings. The van der Waals surface area contributed by atoms with Crippen LogP contribution in [0, 0.1) is 19.8 Å². The highest BCUT2D eigenvalue weighted by Gasteiger charge is 2.09. The Labute approximate surface area is 145 Å². The molecule has 0 atom stereocenters. The Kier molecular flexibility index (Phi) is 6.41. The van der Waals surface area contributed by atoms with Crippen molar-refractivity contribution < 1.29 is 4.79 Å². The van der Waals surface area contributed by atoms with Gasteiger partial charge in [0.25, 0.3) is 0 Å². The van der Waals surface area contributed by atoms with Gasteiger partial charge in [-0.05, 0) is 37.0 Å². The molecule has 124 valence electrons. The number of benzene rings is 1. The van der Waals surface area contributed by atoms with Crippen LogP contribution in [0.3, 0.4) is 0 Å². The van der Waals surface area contributed by atoms with Gasteiger partial charge < -0.3 is 10.6 Å². The molecule has 0 aliphatic heterocycles. The summed E-state index contributed by atoms with van der Waals surface area (Å²) in [6.45, 7) is 9.01. The monoisotopic (exact) mass is 350 g/mol. The van der Waals surface area contributed by atoms with Gasteiger partial charge >= 0.3 is 0 Å². The first kappa shape index (κ1) is 17.7. The number of hydrogen-bond acceptors (Lipinski definition) is 6. The van der Waals surface area contributed by atoms with Crippen molar-refractivity contribution in [3.8, 4) is 0 Å². The smallest absolute Gasteiger partial charge is 0.230 e. The quantitative estimate of drug-likeness (QED) is 0.744. The van der Waals surface area contributed by atoms with Crippen molar-refractivity contribution in [3.05, 3.63) is 29.3 Å². The zero-order valence-electron chi connectivity index (χ0n) is 13.8. The van der Waals surface area contributed by atoms with Crippen LogP contribution in [0.5, 0.6) is 0 Å². The predicted molar refractivity (Wildman–Crippen MR) is 97.7 cm³/mol. The Morgan fingerprint density at radius 3 is 2.83 bits per heavy atom. The summed E-state index contributed by atoms with van der Waals surface area (Å²) in [5.74, 6) is 0.854. The number of aryl methyl sites for hydroxylation is 1. The number of carbonyl (C=O) groups is 1. The first-order chi connectivity index (χ1) is 11.0. The highest BCUT2D eigenvalue weighted by molar-refractivity contribution is 8.01. The number of thioether (sulfide) groups is 1. The first-order valence-corrected chi connectivity index (χ1v) is 9.32. The molecule has 0 saturated carbocycles. The average molecular weight is 351 g/mol. The molecule has 1 aromatic carbocycles. The van der Waals surface area contributed by atoms with Crippen molar-refractivity contribution in [2.75, 3.05) is 17.6 Å². The van der Waals surface area contributed by atoms with E-state index in [4.69, 9.17) is 0 Å². The maximum Gasteiger partial charge on any atom is 0.230 e. The van der Waals surface area contributed by atoms with E-state index in [-0.39, 0.29) is 5.91 Å². The molecule has 7 heteroatoms. The molecule has 0 fully saturated rings. The third-order valence-electron chi connectivity index (χ3n) is 3.29. The molecule has 1 aromatic heterocycles. The fraction of sp³-hybridized carbons (Fsp3) is 0.438. The lowest BCUT2D eigenvalue weighted by atomic mass is 10.1.